The lowest BCUT2D eigenvalue weighted by atomic mass is 9.71. The molecule has 0 saturated carbocycles. The van der Waals surface area contributed by atoms with Crippen molar-refractivity contribution in [2.75, 3.05) is 12.0 Å². The second-order valence-electron chi connectivity index (χ2n) is 8.20. The number of anilines is 3. The number of para-hydroxylation sites is 2. The van der Waals surface area contributed by atoms with Gasteiger partial charge in [-0.05, 0) is 58.3 Å². The first-order valence-corrected chi connectivity index (χ1v) is 10.1. The third-order valence-electron chi connectivity index (χ3n) is 6.12. The Kier molecular flexibility index (Phi) is 4.14. The largest absolute Gasteiger partial charge is 0.465 e. The molecular weight excluding hydrogens is 370 g/mol. The van der Waals surface area contributed by atoms with Gasteiger partial charge in [-0.1, -0.05) is 62.4 Å². The maximum Gasteiger partial charge on any atom is 0.337 e. The van der Waals surface area contributed by atoms with Crippen LogP contribution < -0.4 is 4.90 Å². The molecule has 148 valence electrons. The molecule has 3 heteroatoms. The fourth-order valence-electron chi connectivity index (χ4n) is 4.72. The van der Waals surface area contributed by atoms with Gasteiger partial charge in [0, 0.05) is 11.1 Å². The van der Waals surface area contributed by atoms with Gasteiger partial charge in [0.1, 0.15) is 0 Å². The maximum atomic E-state index is 12.0. The van der Waals surface area contributed by atoms with Crippen LogP contribution >= 0.6 is 0 Å². The third kappa shape index (κ3) is 2.62. The zero-order valence-corrected chi connectivity index (χ0v) is 17.3. The molecule has 1 aliphatic heterocycles. The Morgan fingerprint density at radius 3 is 2.33 bits per heavy atom. The summed E-state index contributed by atoms with van der Waals surface area (Å²) in [5, 5.41) is 2.19. The first kappa shape index (κ1) is 18.4. The van der Waals surface area contributed by atoms with E-state index in [-0.39, 0.29) is 11.4 Å². The molecule has 0 amide bonds. The molecule has 1 aliphatic rings. The van der Waals surface area contributed by atoms with Crippen LogP contribution in [-0.4, -0.2) is 13.1 Å². The predicted octanol–water partition coefficient (Wildman–Crippen LogP) is 6.74. The normalized spacial score (nSPS) is 14.2. The average molecular weight is 393 g/mol. The van der Waals surface area contributed by atoms with E-state index in [1.165, 1.54) is 29.6 Å². The minimum Gasteiger partial charge on any atom is -0.465 e. The number of methoxy groups -OCH3 is 1. The number of hydrogen-bond acceptors (Lipinski definition) is 3. The van der Waals surface area contributed by atoms with Gasteiger partial charge < -0.3 is 9.64 Å². The van der Waals surface area contributed by atoms with Gasteiger partial charge in [-0.25, -0.2) is 4.79 Å². The number of nitrogens with zero attached hydrogens (tertiary/aromatic N) is 1. The highest BCUT2D eigenvalue weighted by Crippen LogP contribution is 2.53. The summed E-state index contributed by atoms with van der Waals surface area (Å²) in [4.78, 5) is 14.4. The van der Waals surface area contributed by atoms with Crippen LogP contribution in [0.3, 0.4) is 0 Å². The molecule has 0 bridgehead atoms. The van der Waals surface area contributed by atoms with Crippen LogP contribution in [0.2, 0.25) is 0 Å². The highest BCUT2D eigenvalue weighted by Gasteiger charge is 2.38. The highest BCUT2D eigenvalue weighted by molar-refractivity contribution is 6.01. The Labute approximate surface area is 176 Å². The summed E-state index contributed by atoms with van der Waals surface area (Å²) >= 11 is 0. The summed E-state index contributed by atoms with van der Waals surface area (Å²) < 4.78 is 4.91. The number of esters is 1. The number of hydrogen-bond donors (Lipinski definition) is 0. The molecule has 5 rings (SSSR count). The lowest BCUT2D eigenvalue weighted by Gasteiger charge is -2.42. The summed E-state index contributed by atoms with van der Waals surface area (Å²) in [7, 11) is 1.41. The minimum absolute atomic E-state index is 0.191. The molecule has 1 heterocycles. The average Bonchev–Trinajstić information content (AvgIpc) is 2.78. The molecule has 4 aromatic rings. The van der Waals surface area contributed by atoms with Crippen molar-refractivity contribution in [2.45, 2.75) is 19.3 Å². The van der Waals surface area contributed by atoms with Gasteiger partial charge in [-0.2, -0.15) is 0 Å². The lowest BCUT2D eigenvalue weighted by Crippen LogP contribution is -2.30. The molecule has 0 saturated heterocycles. The molecule has 0 aromatic heterocycles. The third-order valence-corrected chi connectivity index (χ3v) is 6.12. The van der Waals surface area contributed by atoms with Crippen LogP contribution in [0.15, 0.2) is 84.9 Å². The van der Waals surface area contributed by atoms with E-state index in [1.54, 1.807) is 0 Å². The molecule has 0 fully saturated rings. The SMILES string of the molecule is COC(=O)c1ccc2c3c(ccc2c1)N(c1ccccc1)c1ccccc1C3(C)C. The van der Waals surface area contributed by atoms with E-state index in [4.69, 9.17) is 4.74 Å². The van der Waals surface area contributed by atoms with Gasteiger partial charge in [-0.15, -0.1) is 0 Å². The fraction of sp³-hybridized carbons (Fsp3) is 0.148. The van der Waals surface area contributed by atoms with Crippen molar-refractivity contribution in [3.8, 4) is 0 Å². The van der Waals surface area contributed by atoms with Crippen molar-refractivity contribution in [1.29, 1.82) is 0 Å². The highest BCUT2D eigenvalue weighted by atomic mass is 16.5. The van der Waals surface area contributed by atoms with Crippen LogP contribution in [0, 0.1) is 0 Å². The number of carbonyl (C=O) groups is 1. The lowest BCUT2D eigenvalue weighted by molar-refractivity contribution is 0.0601. The van der Waals surface area contributed by atoms with E-state index in [0.29, 0.717) is 5.56 Å². The van der Waals surface area contributed by atoms with Gasteiger partial charge in [0.05, 0.1) is 24.0 Å². The predicted molar refractivity (Wildman–Crippen MR) is 122 cm³/mol. The van der Waals surface area contributed by atoms with Crippen molar-refractivity contribution < 1.29 is 9.53 Å². The second kappa shape index (κ2) is 6.74. The van der Waals surface area contributed by atoms with Crippen molar-refractivity contribution >= 4 is 33.8 Å². The smallest absolute Gasteiger partial charge is 0.337 e. The van der Waals surface area contributed by atoms with Gasteiger partial charge in [0.15, 0.2) is 0 Å². The summed E-state index contributed by atoms with van der Waals surface area (Å²) in [5.41, 5.74) is 6.43. The first-order valence-electron chi connectivity index (χ1n) is 10.1. The van der Waals surface area contributed by atoms with Gasteiger partial charge in [0.2, 0.25) is 0 Å². The molecule has 3 nitrogen and oxygen atoms in total. The van der Waals surface area contributed by atoms with E-state index in [9.17, 15) is 4.79 Å². The Morgan fingerprint density at radius 2 is 1.57 bits per heavy atom. The van der Waals surface area contributed by atoms with Crippen molar-refractivity contribution in [3.05, 3.63) is 102 Å². The number of benzene rings is 4. The molecule has 4 aromatic carbocycles. The van der Waals surface area contributed by atoms with Crippen molar-refractivity contribution in [3.63, 3.8) is 0 Å². The van der Waals surface area contributed by atoms with Crippen LogP contribution in [0.5, 0.6) is 0 Å². The molecule has 0 N–H and O–H groups in total. The molecule has 0 unspecified atom stereocenters. The molecule has 0 aliphatic carbocycles. The van der Waals surface area contributed by atoms with E-state index in [0.717, 1.165) is 16.5 Å². The number of fused-ring (bicyclic) bond motifs is 4. The molecule has 0 atom stereocenters. The van der Waals surface area contributed by atoms with Crippen LogP contribution in [-0.2, 0) is 10.2 Å². The number of ether oxygens (including phenoxy) is 1. The zero-order valence-electron chi connectivity index (χ0n) is 17.3. The van der Waals surface area contributed by atoms with Gasteiger partial charge >= 0.3 is 5.97 Å². The van der Waals surface area contributed by atoms with E-state index in [1.807, 2.05) is 18.2 Å². The van der Waals surface area contributed by atoms with Crippen molar-refractivity contribution in [1.82, 2.24) is 0 Å². The van der Waals surface area contributed by atoms with Crippen molar-refractivity contribution in [2.24, 2.45) is 0 Å². The Bertz CT molecular complexity index is 1270. The van der Waals surface area contributed by atoms with E-state index < -0.39 is 0 Å². The maximum absolute atomic E-state index is 12.0. The Balaban J connectivity index is 1.84. The Hall–Kier alpha value is -3.59. The quantitative estimate of drug-likeness (QED) is 0.353. The number of carbonyl (C=O) groups excluding carboxylic acids is 1. The summed E-state index contributed by atoms with van der Waals surface area (Å²) in [6.45, 7) is 4.56. The minimum atomic E-state index is -0.315. The standard InChI is InChI=1S/C27H23NO2/c1-27(2)22-11-7-8-12-23(22)28(20-9-5-4-6-10-20)24-16-14-18-17-19(26(29)30-3)13-15-21(18)25(24)27/h4-17H,1-3H3. The Morgan fingerprint density at radius 1 is 0.833 bits per heavy atom. The molecule has 0 spiro atoms. The summed E-state index contributed by atoms with van der Waals surface area (Å²) in [6.07, 6.45) is 0. The first-order chi connectivity index (χ1) is 14.5. The molecule has 30 heavy (non-hydrogen) atoms. The molecule has 0 radical (unpaired) electrons. The van der Waals surface area contributed by atoms with E-state index >= 15 is 0 Å². The van der Waals surface area contributed by atoms with Crippen LogP contribution in [0.25, 0.3) is 10.8 Å². The zero-order chi connectivity index (χ0) is 20.9. The topological polar surface area (TPSA) is 29.5 Å². The molecular formula is C27H23NO2. The fourth-order valence-corrected chi connectivity index (χ4v) is 4.72. The van der Waals surface area contributed by atoms with Gasteiger partial charge in [-0.3, -0.25) is 0 Å². The summed E-state index contributed by atoms with van der Waals surface area (Å²) in [6, 6.07) is 29.2. The second-order valence-corrected chi connectivity index (χ2v) is 8.20. The van der Waals surface area contributed by atoms with Crippen LogP contribution in [0.4, 0.5) is 17.1 Å². The van der Waals surface area contributed by atoms with Crippen LogP contribution in [0.1, 0.15) is 35.3 Å². The summed E-state index contributed by atoms with van der Waals surface area (Å²) in [5.74, 6) is -0.315. The monoisotopic (exact) mass is 393 g/mol. The van der Waals surface area contributed by atoms with E-state index in [2.05, 4.69) is 85.5 Å². The van der Waals surface area contributed by atoms with Gasteiger partial charge in [0.25, 0.3) is 0 Å². The number of rotatable bonds is 2.